The Balaban J connectivity index is 1.47. The average Bonchev–Trinajstić information content (AvgIpc) is 3.27. The fraction of sp³-hybridized carbons (Fsp3) is 0.409. The molecule has 1 fully saturated rings. The molecule has 3 heterocycles. The van der Waals surface area contributed by atoms with Gasteiger partial charge in [0.15, 0.2) is 0 Å². The van der Waals surface area contributed by atoms with Gasteiger partial charge < -0.3 is 16.4 Å². The first-order valence-corrected chi connectivity index (χ1v) is 11.4. The summed E-state index contributed by atoms with van der Waals surface area (Å²) in [5, 5.41) is 1.94. The molecular formula is C22H26N6OS. The van der Waals surface area contributed by atoms with Crippen molar-refractivity contribution in [1.82, 2.24) is 4.90 Å². The molecule has 7 nitrogen and oxygen atoms in total. The molecule has 30 heavy (non-hydrogen) atoms. The number of benzene rings is 1. The lowest BCUT2D eigenvalue weighted by Crippen LogP contribution is -2.58. The predicted octanol–water partition coefficient (Wildman–Crippen LogP) is 3.06. The summed E-state index contributed by atoms with van der Waals surface area (Å²) < 4.78 is 0. The van der Waals surface area contributed by atoms with Gasteiger partial charge in [-0.15, -0.1) is 11.3 Å². The summed E-state index contributed by atoms with van der Waals surface area (Å²) in [6, 6.07) is 10.2. The molecule has 1 aromatic heterocycles. The lowest BCUT2D eigenvalue weighted by molar-refractivity contribution is 0.0739. The number of anilines is 1. The van der Waals surface area contributed by atoms with Gasteiger partial charge in [-0.1, -0.05) is 18.6 Å². The van der Waals surface area contributed by atoms with Gasteiger partial charge >= 0.3 is 0 Å². The summed E-state index contributed by atoms with van der Waals surface area (Å²) >= 11 is 1.49. The van der Waals surface area contributed by atoms with Crippen molar-refractivity contribution < 1.29 is 4.79 Å². The molecule has 0 saturated heterocycles. The molecule has 1 aromatic carbocycles. The van der Waals surface area contributed by atoms with E-state index in [0.29, 0.717) is 12.5 Å². The molecule has 1 aliphatic carbocycles. The summed E-state index contributed by atoms with van der Waals surface area (Å²) in [4.78, 5) is 26.6. The van der Waals surface area contributed by atoms with Gasteiger partial charge in [0.05, 0.1) is 4.88 Å². The number of nitrogens with zero attached hydrogens (tertiary/aromatic N) is 4. The zero-order valence-electron chi connectivity index (χ0n) is 16.9. The summed E-state index contributed by atoms with van der Waals surface area (Å²) in [6.45, 7) is 1.34. The number of thiophene rings is 1. The molecule has 4 N–H and O–H groups in total. The third-order valence-corrected chi connectivity index (χ3v) is 7.19. The maximum atomic E-state index is 12.8. The molecule has 0 radical (unpaired) electrons. The van der Waals surface area contributed by atoms with E-state index >= 15 is 0 Å². The Morgan fingerprint density at radius 2 is 1.93 bits per heavy atom. The van der Waals surface area contributed by atoms with Crippen LogP contribution in [0.5, 0.6) is 0 Å². The maximum absolute atomic E-state index is 12.8. The molecule has 0 atom stereocenters. The zero-order chi connectivity index (χ0) is 20.7. The second kappa shape index (κ2) is 7.43. The van der Waals surface area contributed by atoms with Crippen LogP contribution < -0.4 is 16.4 Å². The molecule has 2 aliphatic heterocycles. The SMILES string of the molecule is NC1=NC2(CCCCC2)N(c2ccc3c(c2)CN(C(=O)c2cccs2)CC3)C(N)=N1. The van der Waals surface area contributed by atoms with Gasteiger partial charge in [-0.05, 0) is 66.8 Å². The van der Waals surface area contributed by atoms with Gasteiger partial charge in [-0.3, -0.25) is 9.69 Å². The van der Waals surface area contributed by atoms with E-state index in [2.05, 4.69) is 28.1 Å². The highest BCUT2D eigenvalue weighted by molar-refractivity contribution is 7.12. The normalized spacial score (nSPS) is 20.5. The van der Waals surface area contributed by atoms with Crippen LogP contribution in [0.2, 0.25) is 0 Å². The summed E-state index contributed by atoms with van der Waals surface area (Å²) in [6.07, 6.45) is 6.05. The minimum absolute atomic E-state index is 0.0984. The van der Waals surface area contributed by atoms with Crippen LogP contribution in [0.4, 0.5) is 5.69 Å². The molecular weight excluding hydrogens is 396 g/mol. The Bertz CT molecular complexity index is 1020. The number of fused-ring (bicyclic) bond motifs is 1. The van der Waals surface area contributed by atoms with Crippen molar-refractivity contribution in [2.75, 3.05) is 11.4 Å². The molecule has 2 aromatic rings. The fourth-order valence-electron chi connectivity index (χ4n) is 4.91. The first kappa shape index (κ1) is 19.1. The molecule has 1 spiro atoms. The molecule has 8 heteroatoms. The number of hydrogen-bond acceptors (Lipinski definition) is 7. The third-order valence-electron chi connectivity index (χ3n) is 6.33. The van der Waals surface area contributed by atoms with E-state index < -0.39 is 5.66 Å². The van der Waals surface area contributed by atoms with Crippen LogP contribution in [0.3, 0.4) is 0 Å². The average molecular weight is 423 g/mol. The van der Waals surface area contributed by atoms with E-state index in [0.717, 1.165) is 54.8 Å². The van der Waals surface area contributed by atoms with Crippen molar-refractivity contribution in [3.8, 4) is 0 Å². The van der Waals surface area contributed by atoms with Crippen molar-refractivity contribution in [3.63, 3.8) is 0 Å². The van der Waals surface area contributed by atoms with E-state index in [1.54, 1.807) is 0 Å². The number of hydrogen-bond donors (Lipinski definition) is 2. The largest absolute Gasteiger partial charge is 0.369 e. The van der Waals surface area contributed by atoms with Crippen molar-refractivity contribution in [3.05, 3.63) is 51.7 Å². The highest BCUT2D eigenvalue weighted by Gasteiger charge is 2.42. The quantitative estimate of drug-likeness (QED) is 0.777. The summed E-state index contributed by atoms with van der Waals surface area (Å²) in [5.41, 5.74) is 15.3. The van der Waals surface area contributed by atoms with Crippen LogP contribution in [0, 0.1) is 0 Å². The molecule has 3 aliphatic rings. The van der Waals surface area contributed by atoms with Gasteiger partial charge in [0.2, 0.25) is 11.9 Å². The number of guanidine groups is 2. The van der Waals surface area contributed by atoms with E-state index in [1.807, 2.05) is 22.4 Å². The van der Waals surface area contributed by atoms with Gasteiger partial charge in [0.1, 0.15) is 5.66 Å². The van der Waals surface area contributed by atoms with Crippen LogP contribution in [-0.4, -0.2) is 34.9 Å². The third kappa shape index (κ3) is 3.25. The number of nitrogens with two attached hydrogens (primary N) is 2. The van der Waals surface area contributed by atoms with Crippen LogP contribution in [0.15, 0.2) is 45.7 Å². The van der Waals surface area contributed by atoms with Crippen LogP contribution in [-0.2, 0) is 13.0 Å². The van der Waals surface area contributed by atoms with Crippen LogP contribution >= 0.6 is 11.3 Å². The van der Waals surface area contributed by atoms with Gasteiger partial charge in [0, 0.05) is 18.8 Å². The predicted molar refractivity (Wildman–Crippen MR) is 121 cm³/mol. The second-order valence-electron chi connectivity index (χ2n) is 8.23. The second-order valence-corrected chi connectivity index (χ2v) is 9.17. The maximum Gasteiger partial charge on any atom is 0.264 e. The summed E-state index contributed by atoms with van der Waals surface area (Å²) in [5.74, 6) is 0.754. The Kier molecular flexibility index (Phi) is 4.73. The molecule has 0 bridgehead atoms. The van der Waals surface area contributed by atoms with Crippen molar-refractivity contribution in [2.24, 2.45) is 21.5 Å². The first-order valence-electron chi connectivity index (χ1n) is 10.5. The number of carbonyl (C=O) groups is 1. The van der Waals surface area contributed by atoms with E-state index in [9.17, 15) is 4.79 Å². The number of aliphatic imine (C=N–C) groups is 2. The minimum atomic E-state index is -0.455. The van der Waals surface area contributed by atoms with E-state index in [4.69, 9.17) is 16.5 Å². The number of amides is 1. The topological polar surface area (TPSA) is 100 Å². The molecule has 1 saturated carbocycles. The fourth-order valence-corrected chi connectivity index (χ4v) is 5.60. The van der Waals surface area contributed by atoms with Crippen LogP contribution in [0.1, 0.15) is 52.9 Å². The standard InChI is InChI=1S/C22H26N6OS/c23-20-25-21(24)28(22(26-20)9-2-1-3-10-22)17-7-6-15-8-11-27(14-16(15)13-17)19(29)18-5-4-12-30-18/h4-7,12-13H,1-3,8-11,14H2,(H4,23,24,25,26). The van der Waals surface area contributed by atoms with Crippen molar-refractivity contribution in [1.29, 1.82) is 0 Å². The Morgan fingerprint density at radius 1 is 1.10 bits per heavy atom. The highest BCUT2D eigenvalue weighted by Crippen LogP contribution is 2.40. The lowest BCUT2D eigenvalue weighted by Gasteiger charge is -2.46. The molecule has 156 valence electrons. The van der Waals surface area contributed by atoms with Gasteiger partial charge in [-0.25, -0.2) is 4.99 Å². The van der Waals surface area contributed by atoms with Crippen molar-refractivity contribution in [2.45, 2.75) is 50.7 Å². The smallest absolute Gasteiger partial charge is 0.264 e. The minimum Gasteiger partial charge on any atom is -0.369 e. The monoisotopic (exact) mass is 422 g/mol. The highest BCUT2D eigenvalue weighted by atomic mass is 32.1. The lowest BCUT2D eigenvalue weighted by atomic mass is 9.87. The molecule has 1 amide bonds. The van der Waals surface area contributed by atoms with E-state index in [1.165, 1.54) is 23.3 Å². The first-order chi connectivity index (χ1) is 14.6. The van der Waals surface area contributed by atoms with Crippen LogP contribution in [0.25, 0.3) is 0 Å². The molecule has 5 rings (SSSR count). The molecule has 0 unspecified atom stereocenters. The summed E-state index contributed by atoms with van der Waals surface area (Å²) in [7, 11) is 0. The number of carbonyl (C=O) groups excluding carboxylic acids is 1. The van der Waals surface area contributed by atoms with Gasteiger partial charge in [-0.2, -0.15) is 4.99 Å². The Morgan fingerprint density at radius 3 is 2.70 bits per heavy atom. The van der Waals surface area contributed by atoms with Crippen molar-refractivity contribution >= 4 is 34.9 Å². The zero-order valence-corrected chi connectivity index (χ0v) is 17.7. The Labute approximate surface area is 180 Å². The number of rotatable bonds is 2. The van der Waals surface area contributed by atoms with Gasteiger partial charge in [0.25, 0.3) is 5.91 Å². The van der Waals surface area contributed by atoms with E-state index in [-0.39, 0.29) is 11.9 Å². The Hall–Kier alpha value is -2.87.